The van der Waals surface area contributed by atoms with Crippen molar-refractivity contribution in [2.24, 2.45) is 5.92 Å². The van der Waals surface area contributed by atoms with E-state index in [2.05, 4.69) is 29.6 Å². The molecule has 36 heavy (non-hydrogen) atoms. The van der Waals surface area contributed by atoms with Crippen molar-refractivity contribution in [1.29, 1.82) is 0 Å². The Labute approximate surface area is 211 Å². The van der Waals surface area contributed by atoms with Crippen molar-refractivity contribution < 1.29 is 19.4 Å². The summed E-state index contributed by atoms with van der Waals surface area (Å²) >= 11 is 0. The molecule has 3 aromatic carbocycles. The van der Waals surface area contributed by atoms with Crippen molar-refractivity contribution in [2.75, 3.05) is 23.4 Å². The number of nitrogens with one attached hydrogen (secondary N) is 1. The predicted octanol–water partition coefficient (Wildman–Crippen LogP) is 6.84. The van der Waals surface area contributed by atoms with E-state index >= 15 is 0 Å². The lowest BCUT2D eigenvalue weighted by atomic mass is 9.77. The van der Waals surface area contributed by atoms with Crippen LogP contribution in [0.1, 0.15) is 49.1 Å². The lowest BCUT2D eigenvalue weighted by molar-refractivity contribution is -0.138. The number of fused-ring (bicyclic) bond motifs is 1. The average Bonchev–Trinajstić information content (AvgIpc) is 2.88. The molecule has 0 bridgehead atoms. The molecule has 5 rings (SSSR count). The van der Waals surface area contributed by atoms with E-state index in [-0.39, 0.29) is 12.5 Å². The molecule has 0 saturated heterocycles. The van der Waals surface area contributed by atoms with Crippen LogP contribution in [0.2, 0.25) is 0 Å². The largest absolute Gasteiger partial charge is 0.490 e. The molecule has 1 fully saturated rings. The first-order valence-electron chi connectivity index (χ1n) is 12.7. The van der Waals surface area contributed by atoms with Crippen molar-refractivity contribution in [2.45, 2.75) is 44.9 Å². The van der Waals surface area contributed by atoms with E-state index in [1.165, 1.54) is 5.56 Å². The number of amides is 2. The highest BCUT2D eigenvalue weighted by atomic mass is 16.5. The van der Waals surface area contributed by atoms with E-state index in [0.717, 1.165) is 53.7 Å². The molecular weight excluding hydrogens is 452 g/mol. The second-order valence-electron chi connectivity index (χ2n) is 9.92. The molecule has 0 unspecified atom stereocenters. The highest BCUT2D eigenvalue weighted by molar-refractivity contribution is 6.03. The maximum atomic E-state index is 13.0. The maximum Gasteiger partial charge on any atom is 0.326 e. The van der Waals surface area contributed by atoms with Crippen LogP contribution in [0.5, 0.6) is 5.75 Å². The zero-order chi connectivity index (χ0) is 25.1. The summed E-state index contributed by atoms with van der Waals surface area (Å²) in [7, 11) is 0. The smallest absolute Gasteiger partial charge is 0.326 e. The fourth-order valence-electron chi connectivity index (χ4n) is 5.42. The highest BCUT2D eigenvalue weighted by Crippen LogP contribution is 2.39. The number of anilines is 2. The topological polar surface area (TPSA) is 78.9 Å². The van der Waals surface area contributed by atoms with Crippen LogP contribution in [0.25, 0.3) is 11.1 Å². The van der Waals surface area contributed by atoms with Gasteiger partial charge < -0.3 is 15.2 Å². The number of rotatable bonds is 5. The number of ether oxygens (including phenoxy) is 1. The number of carboxylic acid groups (broad SMARTS) is 1. The normalized spacial score (nSPS) is 19.2. The van der Waals surface area contributed by atoms with Crippen molar-refractivity contribution in [3.05, 3.63) is 77.9 Å². The van der Waals surface area contributed by atoms with E-state index in [4.69, 9.17) is 9.84 Å². The number of aliphatic carboxylic acids is 1. The van der Waals surface area contributed by atoms with E-state index in [0.29, 0.717) is 30.7 Å². The Hall–Kier alpha value is -3.80. The molecule has 0 spiro atoms. The Morgan fingerprint density at radius 2 is 1.72 bits per heavy atom. The van der Waals surface area contributed by atoms with Crippen LogP contribution >= 0.6 is 0 Å². The summed E-state index contributed by atoms with van der Waals surface area (Å²) in [6, 6.07) is 22.3. The molecule has 0 aromatic heterocycles. The summed E-state index contributed by atoms with van der Waals surface area (Å²) in [5.74, 6) is 0.828. The summed E-state index contributed by atoms with van der Waals surface area (Å²) in [6.07, 6.45) is 4.34. The summed E-state index contributed by atoms with van der Waals surface area (Å²) < 4.78 is 5.93. The number of aryl methyl sites for hydroxylation is 1. The zero-order valence-corrected chi connectivity index (χ0v) is 20.6. The predicted molar refractivity (Wildman–Crippen MR) is 142 cm³/mol. The Kier molecular flexibility index (Phi) is 6.94. The Bertz CT molecular complexity index is 1250. The summed E-state index contributed by atoms with van der Waals surface area (Å²) in [4.78, 5) is 25.7. The van der Waals surface area contributed by atoms with Gasteiger partial charge in [-0.25, -0.2) is 4.79 Å². The van der Waals surface area contributed by atoms with Gasteiger partial charge in [-0.2, -0.15) is 0 Å². The number of carbonyl (C=O) groups is 2. The van der Waals surface area contributed by atoms with Gasteiger partial charge in [0.2, 0.25) is 0 Å². The fraction of sp³-hybridized carbons (Fsp3) is 0.333. The van der Waals surface area contributed by atoms with Crippen molar-refractivity contribution >= 4 is 23.4 Å². The van der Waals surface area contributed by atoms with Crippen LogP contribution in [-0.2, 0) is 4.79 Å². The Morgan fingerprint density at radius 1 is 0.972 bits per heavy atom. The summed E-state index contributed by atoms with van der Waals surface area (Å²) in [5.41, 5.74) is 6.11. The minimum atomic E-state index is -0.688. The standard InChI is InChI=1S/C30H32N2O4/c1-20-3-2-4-26(17-20)31-30(35)32-15-16-36-28-19-25(13-14-27(28)32)24-11-9-23(10-12-24)22-7-5-21(6-8-22)18-29(33)34/h2-4,9-14,17,19,21-22H,5-8,15-16,18H2,1H3,(H,31,35)(H,33,34). The molecule has 1 heterocycles. The molecule has 3 aromatic rings. The SMILES string of the molecule is Cc1cccc(NC(=O)N2CCOc3cc(-c4ccc(C5CCC(CC(=O)O)CC5)cc4)ccc32)c1. The minimum Gasteiger partial charge on any atom is -0.490 e. The van der Waals surface area contributed by atoms with Gasteiger partial charge >= 0.3 is 12.0 Å². The quantitative estimate of drug-likeness (QED) is 0.415. The Morgan fingerprint density at radius 3 is 2.44 bits per heavy atom. The monoisotopic (exact) mass is 484 g/mol. The van der Waals surface area contributed by atoms with Crippen molar-refractivity contribution in [3.63, 3.8) is 0 Å². The molecule has 0 radical (unpaired) electrons. The van der Waals surface area contributed by atoms with Crippen molar-refractivity contribution in [3.8, 4) is 16.9 Å². The molecule has 0 atom stereocenters. The first-order chi connectivity index (χ1) is 17.5. The first kappa shape index (κ1) is 23.9. The second kappa shape index (κ2) is 10.4. The molecular formula is C30H32N2O4. The highest BCUT2D eigenvalue weighted by Gasteiger charge is 2.25. The molecule has 186 valence electrons. The van der Waals surface area contributed by atoms with Crippen LogP contribution in [-0.4, -0.2) is 30.3 Å². The number of carbonyl (C=O) groups excluding carboxylic acids is 1. The average molecular weight is 485 g/mol. The van der Waals surface area contributed by atoms with Crippen LogP contribution < -0.4 is 15.0 Å². The van der Waals surface area contributed by atoms with Gasteiger partial charge in [0.15, 0.2) is 0 Å². The van der Waals surface area contributed by atoms with E-state index in [9.17, 15) is 9.59 Å². The first-order valence-corrected chi connectivity index (χ1v) is 12.7. The molecule has 2 aliphatic rings. The van der Waals surface area contributed by atoms with Gasteiger partial charge in [0.05, 0.1) is 12.2 Å². The third-order valence-electron chi connectivity index (χ3n) is 7.36. The second-order valence-corrected chi connectivity index (χ2v) is 9.92. The zero-order valence-electron chi connectivity index (χ0n) is 20.6. The molecule has 1 aliphatic heterocycles. The number of benzene rings is 3. The van der Waals surface area contributed by atoms with Gasteiger partial charge in [0.25, 0.3) is 0 Å². The summed E-state index contributed by atoms with van der Waals surface area (Å²) in [5, 5.41) is 12.0. The van der Waals surface area contributed by atoms with E-state index in [1.807, 2.05) is 49.4 Å². The van der Waals surface area contributed by atoms with Gasteiger partial charge in [-0.05, 0) is 91.0 Å². The summed E-state index contributed by atoms with van der Waals surface area (Å²) in [6.45, 7) is 2.94. The fourth-order valence-corrected chi connectivity index (χ4v) is 5.42. The molecule has 1 aliphatic carbocycles. The third kappa shape index (κ3) is 5.38. The number of hydrogen-bond donors (Lipinski definition) is 2. The lowest BCUT2D eigenvalue weighted by Crippen LogP contribution is -2.40. The Balaban J connectivity index is 1.27. The van der Waals surface area contributed by atoms with Crippen LogP contribution in [0.15, 0.2) is 66.7 Å². The van der Waals surface area contributed by atoms with Crippen LogP contribution in [0.3, 0.4) is 0 Å². The maximum absolute atomic E-state index is 13.0. The molecule has 6 nitrogen and oxygen atoms in total. The van der Waals surface area contributed by atoms with Crippen molar-refractivity contribution in [1.82, 2.24) is 0 Å². The number of hydrogen-bond acceptors (Lipinski definition) is 3. The third-order valence-corrected chi connectivity index (χ3v) is 7.36. The van der Waals surface area contributed by atoms with Gasteiger partial charge in [-0.3, -0.25) is 9.69 Å². The minimum absolute atomic E-state index is 0.166. The van der Waals surface area contributed by atoms with Gasteiger partial charge in [0, 0.05) is 12.1 Å². The van der Waals surface area contributed by atoms with Gasteiger partial charge in [-0.1, -0.05) is 42.5 Å². The van der Waals surface area contributed by atoms with Gasteiger partial charge in [-0.15, -0.1) is 0 Å². The lowest BCUT2D eigenvalue weighted by Gasteiger charge is -2.30. The van der Waals surface area contributed by atoms with E-state index < -0.39 is 5.97 Å². The number of carboxylic acids is 1. The molecule has 2 amide bonds. The number of nitrogens with zero attached hydrogens (tertiary/aromatic N) is 1. The molecule has 2 N–H and O–H groups in total. The molecule has 1 saturated carbocycles. The van der Waals surface area contributed by atoms with Gasteiger partial charge in [0.1, 0.15) is 12.4 Å². The number of urea groups is 1. The van der Waals surface area contributed by atoms with Crippen LogP contribution in [0.4, 0.5) is 16.2 Å². The molecule has 6 heteroatoms. The van der Waals surface area contributed by atoms with E-state index in [1.54, 1.807) is 4.90 Å². The van der Waals surface area contributed by atoms with Crippen LogP contribution in [0, 0.1) is 12.8 Å².